The molecule has 0 bridgehead atoms. The van der Waals surface area contributed by atoms with Gasteiger partial charge in [-0.25, -0.2) is 4.98 Å². The first-order valence-electron chi connectivity index (χ1n) is 7.78. The topological polar surface area (TPSA) is 47.1 Å². The molecule has 0 saturated heterocycles. The second kappa shape index (κ2) is 5.63. The van der Waals surface area contributed by atoms with Crippen LogP contribution in [0.4, 0.5) is 0 Å². The molecule has 2 aliphatic rings. The Labute approximate surface area is 116 Å². The molecule has 2 atom stereocenters. The van der Waals surface area contributed by atoms with Crippen molar-refractivity contribution in [3.63, 3.8) is 0 Å². The zero-order chi connectivity index (χ0) is 13.2. The molecule has 0 amide bonds. The van der Waals surface area contributed by atoms with Gasteiger partial charge in [0.2, 0.25) is 0 Å². The first-order valence-corrected chi connectivity index (χ1v) is 7.78. The molecule has 4 heteroatoms. The van der Waals surface area contributed by atoms with Crippen molar-refractivity contribution in [2.45, 2.75) is 57.7 Å². The quantitative estimate of drug-likeness (QED) is 0.854. The highest BCUT2D eigenvalue weighted by molar-refractivity contribution is 5.04. The van der Waals surface area contributed by atoms with E-state index in [0.29, 0.717) is 12.0 Å². The number of nitrogens with zero attached hydrogens (tertiary/aromatic N) is 3. The van der Waals surface area contributed by atoms with E-state index >= 15 is 0 Å². The lowest BCUT2D eigenvalue weighted by Gasteiger charge is -2.31. The van der Waals surface area contributed by atoms with Gasteiger partial charge in [-0.05, 0) is 44.7 Å². The lowest BCUT2D eigenvalue weighted by molar-refractivity contribution is 0.158. The fourth-order valence-electron chi connectivity index (χ4n) is 3.58. The summed E-state index contributed by atoms with van der Waals surface area (Å²) >= 11 is 0. The van der Waals surface area contributed by atoms with Crippen LogP contribution in [-0.2, 0) is 6.54 Å². The smallest absolute Gasteiger partial charge is 0.0951 e. The average Bonchev–Trinajstić information content (AvgIpc) is 3.00. The second-order valence-corrected chi connectivity index (χ2v) is 6.08. The Morgan fingerprint density at radius 3 is 2.89 bits per heavy atom. The Kier molecular flexibility index (Phi) is 3.89. The van der Waals surface area contributed by atoms with Gasteiger partial charge in [-0.3, -0.25) is 4.90 Å². The minimum atomic E-state index is 0.678. The Balaban J connectivity index is 1.70. The molecule has 0 spiro atoms. The maximum atomic E-state index is 5.93. The van der Waals surface area contributed by atoms with Gasteiger partial charge in [0.15, 0.2) is 0 Å². The minimum Gasteiger partial charge on any atom is -0.330 e. The molecule has 1 aromatic rings. The molecule has 0 aromatic carbocycles. The van der Waals surface area contributed by atoms with Crippen LogP contribution < -0.4 is 5.73 Å². The fourth-order valence-corrected chi connectivity index (χ4v) is 3.58. The van der Waals surface area contributed by atoms with Crippen LogP contribution in [0, 0.1) is 5.92 Å². The number of hydrogen-bond donors (Lipinski definition) is 1. The number of hydrogen-bond acceptors (Lipinski definition) is 3. The van der Waals surface area contributed by atoms with Crippen molar-refractivity contribution in [3.8, 4) is 0 Å². The van der Waals surface area contributed by atoms with Gasteiger partial charge in [0, 0.05) is 24.8 Å². The van der Waals surface area contributed by atoms with Crippen molar-refractivity contribution in [2.75, 3.05) is 13.1 Å². The normalized spacial score (nSPS) is 27.3. The molecule has 4 nitrogen and oxygen atoms in total. The Bertz CT molecular complexity index is 410. The summed E-state index contributed by atoms with van der Waals surface area (Å²) < 4.78 is 2.38. The van der Waals surface area contributed by atoms with Gasteiger partial charge in [-0.2, -0.15) is 0 Å². The van der Waals surface area contributed by atoms with Crippen LogP contribution in [0.15, 0.2) is 12.5 Å². The van der Waals surface area contributed by atoms with Gasteiger partial charge < -0.3 is 10.3 Å². The van der Waals surface area contributed by atoms with Crippen molar-refractivity contribution in [1.29, 1.82) is 0 Å². The van der Waals surface area contributed by atoms with E-state index in [2.05, 4.69) is 21.4 Å². The summed E-state index contributed by atoms with van der Waals surface area (Å²) in [5, 5.41) is 0. The van der Waals surface area contributed by atoms with E-state index in [1.807, 2.05) is 12.5 Å². The third-order valence-electron chi connectivity index (χ3n) is 4.85. The average molecular weight is 262 g/mol. The summed E-state index contributed by atoms with van der Waals surface area (Å²) in [6, 6.07) is 1.41. The van der Waals surface area contributed by atoms with E-state index in [-0.39, 0.29) is 0 Å². The summed E-state index contributed by atoms with van der Waals surface area (Å²) in [7, 11) is 0. The summed E-state index contributed by atoms with van der Waals surface area (Å²) in [5.74, 6) is 0.692. The van der Waals surface area contributed by atoms with Crippen LogP contribution >= 0.6 is 0 Å². The number of imidazole rings is 1. The SMILES string of the molecule is CCN(Cc1cncn1C1CC1)C1CCCC1CN. The summed E-state index contributed by atoms with van der Waals surface area (Å²) in [4.78, 5) is 6.96. The molecule has 2 saturated carbocycles. The lowest BCUT2D eigenvalue weighted by atomic mass is 10.0. The van der Waals surface area contributed by atoms with Crippen molar-refractivity contribution in [3.05, 3.63) is 18.2 Å². The number of nitrogens with two attached hydrogens (primary N) is 1. The second-order valence-electron chi connectivity index (χ2n) is 6.08. The molecule has 2 fully saturated rings. The van der Waals surface area contributed by atoms with Crippen LogP contribution in [0.25, 0.3) is 0 Å². The van der Waals surface area contributed by atoms with Crippen LogP contribution in [-0.4, -0.2) is 33.6 Å². The van der Waals surface area contributed by atoms with E-state index in [9.17, 15) is 0 Å². The molecule has 2 N–H and O–H groups in total. The summed E-state index contributed by atoms with van der Waals surface area (Å²) in [6.07, 6.45) is 10.7. The standard InChI is InChI=1S/C15H26N4/c1-2-18(15-5-3-4-12(15)8-16)10-14-9-17-11-19(14)13-6-7-13/h9,11-13,15H,2-8,10,16H2,1H3. The van der Waals surface area contributed by atoms with E-state index in [4.69, 9.17) is 5.73 Å². The third kappa shape index (κ3) is 2.70. The summed E-state index contributed by atoms with van der Waals surface area (Å²) in [6.45, 7) is 5.25. The first-order chi connectivity index (χ1) is 9.33. The van der Waals surface area contributed by atoms with Crippen LogP contribution in [0.3, 0.4) is 0 Å². The van der Waals surface area contributed by atoms with Crippen molar-refractivity contribution >= 4 is 0 Å². The molecule has 1 heterocycles. The van der Waals surface area contributed by atoms with Crippen molar-refractivity contribution in [2.24, 2.45) is 11.7 Å². The fraction of sp³-hybridized carbons (Fsp3) is 0.800. The largest absolute Gasteiger partial charge is 0.330 e. The van der Waals surface area contributed by atoms with Crippen LogP contribution in [0.5, 0.6) is 0 Å². The molecule has 1 aromatic heterocycles. The van der Waals surface area contributed by atoms with Gasteiger partial charge in [-0.15, -0.1) is 0 Å². The zero-order valence-corrected chi connectivity index (χ0v) is 12.0. The van der Waals surface area contributed by atoms with Gasteiger partial charge in [0.1, 0.15) is 0 Å². The van der Waals surface area contributed by atoms with E-state index in [1.54, 1.807) is 0 Å². The molecule has 2 unspecified atom stereocenters. The number of rotatable bonds is 6. The molecule has 0 radical (unpaired) electrons. The van der Waals surface area contributed by atoms with E-state index in [1.165, 1.54) is 37.8 Å². The van der Waals surface area contributed by atoms with Crippen LogP contribution in [0.1, 0.15) is 50.8 Å². The Hall–Kier alpha value is -0.870. The maximum absolute atomic E-state index is 5.93. The predicted octanol–water partition coefficient (Wildman–Crippen LogP) is 2.17. The van der Waals surface area contributed by atoms with Gasteiger partial charge in [0.25, 0.3) is 0 Å². The summed E-state index contributed by atoms with van der Waals surface area (Å²) in [5.41, 5.74) is 7.32. The van der Waals surface area contributed by atoms with Crippen LogP contribution in [0.2, 0.25) is 0 Å². The highest BCUT2D eigenvalue weighted by atomic mass is 15.2. The Morgan fingerprint density at radius 1 is 1.37 bits per heavy atom. The highest BCUT2D eigenvalue weighted by Gasteiger charge is 2.32. The molecule has 19 heavy (non-hydrogen) atoms. The first kappa shape index (κ1) is 13.1. The molecule has 3 rings (SSSR count). The number of aromatic nitrogens is 2. The van der Waals surface area contributed by atoms with Gasteiger partial charge >= 0.3 is 0 Å². The predicted molar refractivity (Wildman–Crippen MR) is 76.8 cm³/mol. The van der Waals surface area contributed by atoms with E-state index < -0.39 is 0 Å². The lowest BCUT2D eigenvalue weighted by Crippen LogP contribution is -2.40. The molecule has 2 aliphatic carbocycles. The minimum absolute atomic E-state index is 0.678. The molecular formula is C15H26N4. The monoisotopic (exact) mass is 262 g/mol. The molecule has 0 aliphatic heterocycles. The zero-order valence-electron chi connectivity index (χ0n) is 12.0. The van der Waals surface area contributed by atoms with Gasteiger partial charge in [0.05, 0.1) is 12.0 Å². The maximum Gasteiger partial charge on any atom is 0.0951 e. The highest BCUT2D eigenvalue weighted by Crippen LogP contribution is 2.36. The molecule has 106 valence electrons. The van der Waals surface area contributed by atoms with Gasteiger partial charge in [-0.1, -0.05) is 13.3 Å². The Morgan fingerprint density at radius 2 is 2.21 bits per heavy atom. The van der Waals surface area contributed by atoms with Crippen molar-refractivity contribution < 1.29 is 0 Å². The third-order valence-corrected chi connectivity index (χ3v) is 4.85. The molecular weight excluding hydrogens is 236 g/mol. The van der Waals surface area contributed by atoms with Crippen molar-refractivity contribution in [1.82, 2.24) is 14.5 Å². The van der Waals surface area contributed by atoms with E-state index in [0.717, 1.165) is 25.7 Å².